The fourth-order valence-corrected chi connectivity index (χ4v) is 0.792. The van der Waals surface area contributed by atoms with Crippen molar-refractivity contribution < 1.29 is 4.79 Å². The molecule has 0 atom stereocenters. The quantitative estimate of drug-likeness (QED) is 0.488. The molecule has 58 valence electrons. The molecular formula is C8H4N2O2. The first kappa shape index (κ1) is 8.08. The third kappa shape index (κ3) is 1.35. The molecule has 0 bridgehead atoms. The summed E-state index contributed by atoms with van der Waals surface area (Å²) in [6, 6.07) is 5.96. The first-order valence-corrected chi connectivity index (χ1v) is 3.14. The van der Waals surface area contributed by atoms with Gasteiger partial charge in [0.05, 0.1) is 11.6 Å². The van der Waals surface area contributed by atoms with Crippen molar-refractivity contribution in [3.63, 3.8) is 0 Å². The van der Waals surface area contributed by atoms with Gasteiger partial charge in [-0.25, -0.2) is 0 Å². The second-order valence-corrected chi connectivity index (χ2v) is 2.09. The van der Waals surface area contributed by atoms with Crippen LogP contribution >= 0.6 is 0 Å². The SMILES string of the molecule is N#Cc1ccc(C=O)c(N=O)c1. The molecule has 1 aromatic carbocycles. The van der Waals surface area contributed by atoms with E-state index in [-0.39, 0.29) is 11.3 Å². The lowest BCUT2D eigenvalue weighted by Gasteiger charge is -1.93. The maximum Gasteiger partial charge on any atom is 0.152 e. The van der Waals surface area contributed by atoms with Crippen LogP contribution in [0.25, 0.3) is 0 Å². The molecule has 12 heavy (non-hydrogen) atoms. The number of hydrogen-bond donors (Lipinski definition) is 0. The van der Waals surface area contributed by atoms with E-state index in [0.717, 1.165) is 0 Å². The Kier molecular flexibility index (Phi) is 2.29. The minimum absolute atomic E-state index is 0.00375. The summed E-state index contributed by atoms with van der Waals surface area (Å²) in [5, 5.41) is 11.1. The van der Waals surface area contributed by atoms with Crippen LogP contribution in [0.4, 0.5) is 5.69 Å². The summed E-state index contributed by atoms with van der Waals surface area (Å²) >= 11 is 0. The van der Waals surface area contributed by atoms with Crippen LogP contribution in [0, 0.1) is 16.2 Å². The molecule has 0 spiro atoms. The van der Waals surface area contributed by atoms with E-state index in [1.54, 1.807) is 0 Å². The van der Waals surface area contributed by atoms with Crippen molar-refractivity contribution in [2.75, 3.05) is 0 Å². The van der Waals surface area contributed by atoms with Crippen molar-refractivity contribution in [3.05, 3.63) is 34.2 Å². The molecule has 0 aliphatic carbocycles. The Labute approximate surface area is 68.4 Å². The van der Waals surface area contributed by atoms with E-state index in [4.69, 9.17) is 5.26 Å². The molecule has 0 unspecified atom stereocenters. The van der Waals surface area contributed by atoms with Crippen LogP contribution in [-0.4, -0.2) is 6.29 Å². The molecule has 4 nitrogen and oxygen atoms in total. The van der Waals surface area contributed by atoms with Gasteiger partial charge >= 0.3 is 0 Å². The topological polar surface area (TPSA) is 70.3 Å². The van der Waals surface area contributed by atoms with Crippen LogP contribution in [0.3, 0.4) is 0 Å². The van der Waals surface area contributed by atoms with Crippen LogP contribution in [0.1, 0.15) is 15.9 Å². The van der Waals surface area contributed by atoms with Crippen molar-refractivity contribution in [3.8, 4) is 6.07 Å². The summed E-state index contributed by atoms with van der Waals surface area (Å²) in [6.45, 7) is 0. The zero-order valence-corrected chi connectivity index (χ0v) is 6.02. The van der Waals surface area contributed by atoms with E-state index in [1.165, 1.54) is 18.2 Å². The lowest BCUT2D eigenvalue weighted by atomic mass is 10.1. The van der Waals surface area contributed by atoms with Gasteiger partial charge < -0.3 is 0 Å². The highest BCUT2D eigenvalue weighted by molar-refractivity contribution is 5.83. The minimum atomic E-state index is 0.00375. The fourth-order valence-electron chi connectivity index (χ4n) is 0.792. The lowest BCUT2D eigenvalue weighted by Crippen LogP contribution is -1.81. The van der Waals surface area contributed by atoms with Gasteiger partial charge in [0.1, 0.15) is 5.69 Å². The first-order chi connectivity index (χ1) is 5.81. The molecule has 0 heterocycles. The zero-order chi connectivity index (χ0) is 8.97. The maximum atomic E-state index is 10.3. The average molecular weight is 160 g/mol. The van der Waals surface area contributed by atoms with Gasteiger partial charge in [0.15, 0.2) is 6.29 Å². The number of nitriles is 1. The van der Waals surface area contributed by atoms with Crippen LogP contribution in [0.5, 0.6) is 0 Å². The lowest BCUT2D eigenvalue weighted by molar-refractivity contribution is 0.112. The molecule has 0 fully saturated rings. The third-order valence-corrected chi connectivity index (χ3v) is 1.38. The van der Waals surface area contributed by atoms with E-state index < -0.39 is 0 Å². The standard InChI is InChI=1S/C8H4N2O2/c9-4-6-1-2-7(5-11)8(3-6)10-12/h1-3,5H. The predicted octanol–water partition coefficient (Wildman–Crippen LogP) is 1.77. The summed E-state index contributed by atoms with van der Waals surface area (Å²) in [5.41, 5.74) is 0.517. The number of nitrogens with zero attached hydrogens (tertiary/aromatic N) is 2. The highest BCUT2D eigenvalue weighted by Gasteiger charge is 2.02. The van der Waals surface area contributed by atoms with Crippen LogP contribution in [0.15, 0.2) is 23.4 Å². The average Bonchev–Trinajstić information content (AvgIpc) is 2.16. The molecule has 0 amide bonds. The van der Waals surface area contributed by atoms with Gasteiger partial charge in [0.25, 0.3) is 0 Å². The van der Waals surface area contributed by atoms with E-state index in [0.29, 0.717) is 11.8 Å². The van der Waals surface area contributed by atoms with Gasteiger partial charge in [0.2, 0.25) is 0 Å². The fraction of sp³-hybridized carbons (Fsp3) is 0. The molecule has 1 aromatic rings. The highest BCUT2D eigenvalue weighted by Crippen LogP contribution is 2.18. The van der Waals surface area contributed by atoms with Crippen molar-refractivity contribution in [1.29, 1.82) is 5.26 Å². The van der Waals surface area contributed by atoms with Crippen molar-refractivity contribution in [2.24, 2.45) is 5.18 Å². The molecule has 4 heteroatoms. The van der Waals surface area contributed by atoms with E-state index in [9.17, 15) is 9.70 Å². The summed E-state index contributed by atoms with van der Waals surface area (Å²) in [4.78, 5) is 20.4. The van der Waals surface area contributed by atoms with Gasteiger partial charge in [-0.05, 0) is 23.4 Å². The zero-order valence-electron chi connectivity index (χ0n) is 6.02. The smallest absolute Gasteiger partial charge is 0.152 e. The maximum absolute atomic E-state index is 10.3. The van der Waals surface area contributed by atoms with Crippen molar-refractivity contribution >= 4 is 12.0 Å². The van der Waals surface area contributed by atoms with E-state index in [2.05, 4.69) is 5.18 Å². The third-order valence-electron chi connectivity index (χ3n) is 1.38. The number of rotatable bonds is 2. The molecule has 1 rings (SSSR count). The number of nitroso groups, excluding NO2 is 1. The number of hydrogen-bond acceptors (Lipinski definition) is 4. The molecular weight excluding hydrogens is 156 g/mol. The molecule has 0 aliphatic heterocycles. The largest absolute Gasteiger partial charge is 0.298 e. The summed E-state index contributed by atoms with van der Waals surface area (Å²) in [7, 11) is 0. The molecule has 0 N–H and O–H groups in total. The molecule has 0 saturated carbocycles. The van der Waals surface area contributed by atoms with Crippen molar-refractivity contribution in [1.82, 2.24) is 0 Å². The second kappa shape index (κ2) is 3.39. The first-order valence-electron chi connectivity index (χ1n) is 3.14. The van der Waals surface area contributed by atoms with Gasteiger partial charge in [-0.1, -0.05) is 0 Å². The normalized spacial score (nSPS) is 8.58. The van der Waals surface area contributed by atoms with Crippen LogP contribution in [-0.2, 0) is 0 Å². The molecule has 0 aromatic heterocycles. The highest BCUT2D eigenvalue weighted by atomic mass is 16.3. The Morgan fingerprint density at radius 2 is 2.25 bits per heavy atom. The van der Waals surface area contributed by atoms with Gasteiger partial charge in [-0.2, -0.15) is 5.26 Å². The number of aldehydes is 1. The Morgan fingerprint density at radius 3 is 2.75 bits per heavy atom. The summed E-state index contributed by atoms with van der Waals surface area (Å²) < 4.78 is 0. The van der Waals surface area contributed by atoms with Gasteiger partial charge in [0, 0.05) is 5.56 Å². The van der Waals surface area contributed by atoms with Gasteiger partial charge in [-0.15, -0.1) is 4.91 Å². The Bertz CT molecular complexity index is 366. The van der Waals surface area contributed by atoms with Crippen LogP contribution < -0.4 is 0 Å². The van der Waals surface area contributed by atoms with E-state index >= 15 is 0 Å². The summed E-state index contributed by atoms with van der Waals surface area (Å²) in [5.74, 6) is 0. The predicted molar refractivity (Wildman–Crippen MR) is 42.0 cm³/mol. The van der Waals surface area contributed by atoms with Gasteiger partial charge in [-0.3, -0.25) is 4.79 Å². The van der Waals surface area contributed by atoms with Crippen LogP contribution in [0.2, 0.25) is 0 Å². The number of benzene rings is 1. The van der Waals surface area contributed by atoms with Crippen molar-refractivity contribution in [2.45, 2.75) is 0 Å². The monoisotopic (exact) mass is 160 g/mol. The summed E-state index contributed by atoms with van der Waals surface area (Å²) in [6.07, 6.45) is 0.526. The minimum Gasteiger partial charge on any atom is -0.298 e. The molecule has 0 saturated heterocycles. The number of carbonyl (C=O) groups is 1. The Balaban J connectivity index is 3.30. The van der Waals surface area contributed by atoms with E-state index in [1.807, 2.05) is 6.07 Å². The Morgan fingerprint density at radius 1 is 1.50 bits per heavy atom. The molecule has 0 aliphatic rings. The number of carbonyl (C=O) groups excluding carboxylic acids is 1. The molecule has 0 radical (unpaired) electrons. The second-order valence-electron chi connectivity index (χ2n) is 2.09. The Hall–Kier alpha value is -2.02.